The smallest absolute Gasteiger partial charge is 0.251 e. The molecule has 0 atom stereocenters. The first kappa shape index (κ1) is 15.5. The number of nitrogens with zero attached hydrogens (tertiary/aromatic N) is 1. The molecule has 0 aromatic heterocycles. The zero-order chi connectivity index (χ0) is 14.3. The summed E-state index contributed by atoms with van der Waals surface area (Å²) in [5.41, 5.74) is 7.02. The molecule has 1 amide bonds. The maximum Gasteiger partial charge on any atom is 0.251 e. The Morgan fingerprint density at radius 2 is 2.16 bits per heavy atom. The van der Waals surface area contributed by atoms with Crippen molar-refractivity contribution in [2.45, 2.75) is 26.2 Å². The predicted octanol–water partition coefficient (Wildman–Crippen LogP) is 2.40. The normalized spacial score (nSPS) is 11.4. The molecule has 0 saturated heterocycles. The first-order chi connectivity index (χ1) is 9.02. The summed E-state index contributed by atoms with van der Waals surface area (Å²) < 4.78 is 0.893. The van der Waals surface area contributed by atoms with Gasteiger partial charge in [-0.3, -0.25) is 4.79 Å². The maximum absolute atomic E-state index is 11.9. The van der Waals surface area contributed by atoms with Gasteiger partial charge in [-0.25, -0.2) is 0 Å². The molecule has 0 aliphatic carbocycles. The van der Waals surface area contributed by atoms with Crippen molar-refractivity contribution < 1.29 is 10.0 Å². The SMILES string of the molecule is Cc1cc(Br)cc(C(=O)NCCCC/C(N)=N/O)c1. The third-order valence-electron chi connectivity index (χ3n) is 2.58. The molecule has 5 nitrogen and oxygen atoms in total. The molecule has 4 N–H and O–H groups in total. The van der Waals surface area contributed by atoms with Crippen molar-refractivity contribution in [3.05, 3.63) is 33.8 Å². The number of nitrogens with one attached hydrogen (secondary N) is 1. The van der Waals surface area contributed by atoms with E-state index in [2.05, 4.69) is 26.4 Å². The zero-order valence-electron chi connectivity index (χ0n) is 10.8. The van der Waals surface area contributed by atoms with Crippen LogP contribution in [0, 0.1) is 6.92 Å². The molecular weight excluding hydrogens is 310 g/mol. The van der Waals surface area contributed by atoms with Crippen molar-refractivity contribution in [3.8, 4) is 0 Å². The van der Waals surface area contributed by atoms with Gasteiger partial charge in [0.2, 0.25) is 0 Å². The number of hydrogen-bond donors (Lipinski definition) is 3. The van der Waals surface area contributed by atoms with Gasteiger partial charge < -0.3 is 16.3 Å². The lowest BCUT2D eigenvalue weighted by Crippen LogP contribution is -2.24. The number of carbonyl (C=O) groups is 1. The van der Waals surface area contributed by atoms with Crippen LogP contribution in [-0.2, 0) is 0 Å². The topological polar surface area (TPSA) is 87.7 Å². The molecule has 1 rings (SSSR count). The minimum absolute atomic E-state index is 0.0896. The van der Waals surface area contributed by atoms with E-state index in [1.807, 2.05) is 19.1 Å². The molecule has 19 heavy (non-hydrogen) atoms. The Morgan fingerprint density at radius 3 is 2.79 bits per heavy atom. The minimum Gasteiger partial charge on any atom is -0.409 e. The number of rotatable bonds is 6. The third kappa shape index (κ3) is 5.74. The summed E-state index contributed by atoms with van der Waals surface area (Å²) in [4.78, 5) is 11.9. The molecule has 1 aromatic carbocycles. The second-order valence-corrected chi connectivity index (χ2v) is 5.24. The van der Waals surface area contributed by atoms with E-state index in [0.29, 0.717) is 18.5 Å². The molecule has 0 unspecified atom stereocenters. The number of nitrogens with two attached hydrogens (primary N) is 1. The number of hydrogen-bond acceptors (Lipinski definition) is 3. The maximum atomic E-state index is 11.9. The van der Waals surface area contributed by atoms with Gasteiger partial charge in [0.25, 0.3) is 5.91 Å². The molecular formula is C13H18BrN3O2. The highest BCUT2D eigenvalue weighted by atomic mass is 79.9. The average molecular weight is 328 g/mol. The number of carbonyl (C=O) groups excluding carboxylic acids is 1. The fourth-order valence-electron chi connectivity index (χ4n) is 1.65. The van der Waals surface area contributed by atoms with Gasteiger partial charge >= 0.3 is 0 Å². The van der Waals surface area contributed by atoms with Crippen LogP contribution in [0.3, 0.4) is 0 Å². The van der Waals surface area contributed by atoms with Crippen LogP contribution >= 0.6 is 15.9 Å². The fourth-order valence-corrected chi connectivity index (χ4v) is 2.26. The average Bonchev–Trinajstić information content (AvgIpc) is 2.36. The second-order valence-electron chi connectivity index (χ2n) is 4.32. The van der Waals surface area contributed by atoms with E-state index < -0.39 is 0 Å². The molecule has 6 heteroatoms. The first-order valence-electron chi connectivity index (χ1n) is 6.04. The van der Waals surface area contributed by atoms with Crippen molar-refractivity contribution in [3.63, 3.8) is 0 Å². The quantitative estimate of drug-likeness (QED) is 0.246. The Labute approximate surface area is 121 Å². The molecule has 0 aliphatic heterocycles. The van der Waals surface area contributed by atoms with Crippen LogP contribution in [0.5, 0.6) is 0 Å². The summed E-state index contributed by atoms with van der Waals surface area (Å²) in [6.45, 7) is 2.52. The number of amides is 1. The van der Waals surface area contributed by atoms with Crippen LogP contribution in [0.2, 0.25) is 0 Å². The molecule has 0 radical (unpaired) electrons. The summed E-state index contributed by atoms with van der Waals surface area (Å²) in [6.07, 6.45) is 2.09. The van der Waals surface area contributed by atoms with Crippen LogP contribution in [0.4, 0.5) is 0 Å². The predicted molar refractivity (Wildman–Crippen MR) is 78.5 cm³/mol. The molecule has 0 bridgehead atoms. The van der Waals surface area contributed by atoms with Crippen molar-refractivity contribution in [1.82, 2.24) is 5.32 Å². The van der Waals surface area contributed by atoms with Crippen molar-refractivity contribution in [1.29, 1.82) is 0 Å². The number of amidine groups is 1. The van der Waals surface area contributed by atoms with Gasteiger partial charge in [-0.05, 0) is 43.5 Å². The molecule has 104 valence electrons. The molecule has 0 aliphatic rings. The molecule has 0 spiro atoms. The fraction of sp³-hybridized carbons (Fsp3) is 0.385. The van der Waals surface area contributed by atoms with E-state index in [4.69, 9.17) is 10.9 Å². The van der Waals surface area contributed by atoms with Gasteiger partial charge in [0.15, 0.2) is 0 Å². The van der Waals surface area contributed by atoms with E-state index in [-0.39, 0.29) is 11.7 Å². The summed E-state index contributed by atoms with van der Waals surface area (Å²) in [5.74, 6) is 0.127. The highest BCUT2D eigenvalue weighted by Gasteiger charge is 2.06. The Hall–Kier alpha value is -1.56. The Bertz CT molecular complexity index is 455. The Balaban J connectivity index is 2.35. The lowest BCUT2D eigenvalue weighted by molar-refractivity contribution is 0.0953. The zero-order valence-corrected chi connectivity index (χ0v) is 12.4. The number of halogens is 1. The van der Waals surface area contributed by atoms with Gasteiger partial charge in [0.05, 0.1) is 0 Å². The number of unbranched alkanes of at least 4 members (excludes halogenated alkanes) is 1. The van der Waals surface area contributed by atoms with E-state index in [1.165, 1.54) is 0 Å². The monoisotopic (exact) mass is 327 g/mol. The highest BCUT2D eigenvalue weighted by Crippen LogP contribution is 2.15. The van der Waals surface area contributed by atoms with E-state index in [9.17, 15) is 4.79 Å². The number of benzene rings is 1. The summed E-state index contributed by atoms with van der Waals surface area (Å²) in [7, 11) is 0. The van der Waals surface area contributed by atoms with Crippen LogP contribution in [0.25, 0.3) is 0 Å². The van der Waals surface area contributed by atoms with Gasteiger partial charge in [-0.1, -0.05) is 21.1 Å². The summed E-state index contributed by atoms with van der Waals surface area (Å²) in [5, 5.41) is 14.1. The third-order valence-corrected chi connectivity index (χ3v) is 3.04. The number of aryl methyl sites for hydroxylation is 1. The van der Waals surface area contributed by atoms with Crippen molar-refractivity contribution >= 4 is 27.7 Å². The number of oxime groups is 1. The second kappa shape index (κ2) is 7.78. The van der Waals surface area contributed by atoms with Crippen LogP contribution in [-0.4, -0.2) is 23.5 Å². The van der Waals surface area contributed by atoms with E-state index in [0.717, 1.165) is 22.9 Å². The van der Waals surface area contributed by atoms with Gasteiger partial charge in [0.1, 0.15) is 5.84 Å². The summed E-state index contributed by atoms with van der Waals surface area (Å²) >= 11 is 3.37. The molecule has 1 aromatic rings. The minimum atomic E-state index is -0.0896. The van der Waals surface area contributed by atoms with E-state index in [1.54, 1.807) is 6.07 Å². The molecule has 0 heterocycles. The Kier molecular flexibility index (Phi) is 6.35. The van der Waals surface area contributed by atoms with Crippen molar-refractivity contribution in [2.24, 2.45) is 10.9 Å². The standard InChI is InChI=1S/C13H18BrN3O2/c1-9-6-10(8-11(14)7-9)13(18)16-5-3-2-4-12(15)17-19/h6-8,19H,2-5H2,1H3,(H2,15,17)(H,16,18). The molecule has 0 saturated carbocycles. The summed E-state index contributed by atoms with van der Waals surface area (Å²) in [6, 6.07) is 5.59. The largest absolute Gasteiger partial charge is 0.409 e. The lowest BCUT2D eigenvalue weighted by atomic mass is 10.1. The Morgan fingerprint density at radius 1 is 1.42 bits per heavy atom. The van der Waals surface area contributed by atoms with Crippen LogP contribution < -0.4 is 11.1 Å². The van der Waals surface area contributed by atoms with Gasteiger partial charge in [-0.15, -0.1) is 0 Å². The molecule has 0 fully saturated rings. The van der Waals surface area contributed by atoms with Gasteiger partial charge in [0, 0.05) is 23.0 Å². The first-order valence-corrected chi connectivity index (χ1v) is 6.84. The van der Waals surface area contributed by atoms with Crippen molar-refractivity contribution in [2.75, 3.05) is 6.54 Å². The van der Waals surface area contributed by atoms with Crippen LogP contribution in [0.15, 0.2) is 27.8 Å². The lowest BCUT2D eigenvalue weighted by Gasteiger charge is -2.06. The van der Waals surface area contributed by atoms with E-state index >= 15 is 0 Å². The van der Waals surface area contributed by atoms with Gasteiger partial charge in [-0.2, -0.15) is 0 Å². The highest BCUT2D eigenvalue weighted by molar-refractivity contribution is 9.10. The van der Waals surface area contributed by atoms with Crippen LogP contribution in [0.1, 0.15) is 35.2 Å².